The highest BCUT2D eigenvalue weighted by Gasteiger charge is 2.32. The second-order valence-corrected chi connectivity index (χ2v) is 6.37. The number of halogens is 1. The van der Waals surface area contributed by atoms with Crippen LogP contribution in [0.25, 0.3) is 0 Å². The van der Waals surface area contributed by atoms with Crippen molar-refractivity contribution in [3.63, 3.8) is 0 Å². The molecule has 0 radical (unpaired) electrons. The lowest BCUT2D eigenvalue weighted by Crippen LogP contribution is -2.33. The van der Waals surface area contributed by atoms with Crippen molar-refractivity contribution in [2.45, 2.75) is 45.3 Å². The quantitative estimate of drug-likeness (QED) is 0.911. The molecule has 19 heavy (non-hydrogen) atoms. The van der Waals surface area contributed by atoms with E-state index in [0.717, 1.165) is 28.9 Å². The van der Waals surface area contributed by atoms with Gasteiger partial charge in [-0.1, -0.05) is 15.9 Å². The van der Waals surface area contributed by atoms with E-state index in [9.17, 15) is 0 Å². The van der Waals surface area contributed by atoms with E-state index in [4.69, 9.17) is 9.47 Å². The summed E-state index contributed by atoms with van der Waals surface area (Å²) in [5.41, 5.74) is 1.25. The second kappa shape index (κ2) is 5.71. The molecule has 1 aliphatic heterocycles. The van der Waals surface area contributed by atoms with Crippen LogP contribution in [0.5, 0.6) is 11.5 Å². The van der Waals surface area contributed by atoms with Crippen molar-refractivity contribution in [2.24, 2.45) is 0 Å². The lowest BCUT2D eigenvalue weighted by molar-refractivity contribution is 0.229. The summed E-state index contributed by atoms with van der Waals surface area (Å²) in [5.74, 6) is 1.58. The van der Waals surface area contributed by atoms with Crippen LogP contribution in [0.3, 0.4) is 0 Å². The summed E-state index contributed by atoms with van der Waals surface area (Å²) in [6.07, 6.45) is 2.47. The molecule has 1 heterocycles. The van der Waals surface area contributed by atoms with E-state index in [1.807, 2.05) is 19.9 Å². The minimum atomic E-state index is 0.0163. The predicted molar refractivity (Wildman–Crippen MR) is 81.0 cm³/mol. The molecule has 0 spiro atoms. The Bertz CT molecular complexity index is 454. The zero-order valence-corrected chi connectivity index (χ0v) is 13.6. The largest absolute Gasteiger partial charge is 0.493 e. The summed E-state index contributed by atoms with van der Waals surface area (Å²) in [5, 5.41) is 3.58. The minimum absolute atomic E-state index is 0.0163. The van der Waals surface area contributed by atoms with Crippen molar-refractivity contribution in [2.75, 3.05) is 13.7 Å². The summed E-state index contributed by atoms with van der Waals surface area (Å²) in [7, 11) is 1.69. The van der Waals surface area contributed by atoms with Crippen LogP contribution in [0.15, 0.2) is 16.6 Å². The Kier molecular flexibility index (Phi) is 4.41. The van der Waals surface area contributed by atoms with Crippen molar-refractivity contribution >= 4 is 15.9 Å². The lowest BCUT2D eigenvalue weighted by Gasteiger charge is -2.27. The molecule has 106 valence electrons. The number of nitrogens with one attached hydrogen (secondary N) is 1. The van der Waals surface area contributed by atoms with Crippen molar-refractivity contribution in [3.8, 4) is 11.5 Å². The Morgan fingerprint density at radius 1 is 1.32 bits per heavy atom. The van der Waals surface area contributed by atoms with Crippen LogP contribution in [0.2, 0.25) is 0 Å². The fourth-order valence-electron chi connectivity index (χ4n) is 2.59. The molecular weight excluding hydrogens is 306 g/mol. The van der Waals surface area contributed by atoms with Crippen molar-refractivity contribution in [1.82, 2.24) is 5.32 Å². The van der Waals surface area contributed by atoms with Crippen LogP contribution < -0.4 is 14.8 Å². The number of ether oxygens (including phenoxy) is 2. The van der Waals surface area contributed by atoms with Crippen LogP contribution in [-0.2, 0) is 5.54 Å². The van der Waals surface area contributed by atoms with Crippen LogP contribution >= 0.6 is 15.9 Å². The van der Waals surface area contributed by atoms with Crippen LogP contribution in [-0.4, -0.2) is 19.8 Å². The third-order valence-electron chi connectivity index (χ3n) is 3.58. The van der Waals surface area contributed by atoms with Crippen LogP contribution in [0.4, 0.5) is 0 Å². The van der Waals surface area contributed by atoms with Gasteiger partial charge in [0.25, 0.3) is 0 Å². The molecule has 1 aliphatic rings. The normalized spacial score (nSPS) is 22.8. The zero-order chi connectivity index (χ0) is 14.0. The number of methoxy groups -OCH3 is 1. The second-order valence-electron chi connectivity index (χ2n) is 5.51. The topological polar surface area (TPSA) is 30.5 Å². The highest BCUT2D eigenvalue weighted by molar-refractivity contribution is 9.10. The maximum atomic E-state index is 5.79. The summed E-state index contributed by atoms with van der Waals surface area (Å²) in [4.78, 5) is 0. The summed E-state index contributed by atoms with van der Waals surface area (Å²) >= 11 is 3.67. The fraction of sp³-hybridized carbons (Fsp3) is 0.600. The maximum Gasteiger partial charge on any atom is 0.162 e. The van der Waals surface area contributed by atoms with Gasteiger partial charge >= 0.3 is 0 Å². The Morgan fingerprint density at radius 3 is 2.58 bits per heavy atom. The van der Waals surface area contributed by atoms with Crippen molar-refractivity contribution in [3.05, 3.63) is 22.2 Å². The molecule has 3 nitrogen and oxygen atoms in total. The van der Waals surface area contributed by atoms with Crippen molar-refractivity contribution < 1.29 is 9.47 Å². The van der Waals surface area contributed by atoms with Gasteiger partial charge in [0.15, 0.2) is 11.5 Å². The SMILES string of the molecule is COc1cc(C2(C)CCCN2)c(Br)cc1OC(C)C. The van der Waals surface area contributed by atoms with E-state index in [0.29, 0.717) is 0 Å². The highest BCUT2D eigenvalue weighted by atomic mass is 79.9. The van der Waals surface area contributed by atoms with E-state index in [2.05, 4.69) is 34.2 Å². The molecule has 1 atom stereocenters. The summed E-state index contributed by atoms with van der Waals surface area (Å²) < 4.78 is 12.3. The molecule has 1 aromatic rings. The fourth-order valence-corrected chi connectivity index (χ4v) is 3.35. The van der Waals surface area contributed by atoms with Gasteiger partial charge in [0.2, 0.25) is 0 Å². The van der Waals surface area contributed by atoms with Gasteiger partial charge in [0, 0.05) is 10.0 Å². The first-order valence-corrected chi connectivity index (χ1v) is 7.55. The molecule has 1 N–H and O–H groups in total. The van der Waals surface area contributed by atoms with E-state index in [1.165, 1.54) is 12.0 Å². The first kappa shape index (κ1) is 14.7. The molecule has 1 unspecified atom stereocenters. The van der Waals surface area contributed by atoms with Gasteiger partial charge in [-0.25, -0.2) is 0 Å². The number of hydrogen-bond donors (Lipinski definition) is 1. The smallest absolute Gasteiger partial charge is 0.162 e. The van der Waals surface area contributed by atoms with Gasteiger partial charge in [-0.2, -0.15) is 0 Å². The summed E-state index contributed by atoms with van der Waals surface area (Å²) in [6, 6.07) is 4.10. The Balaban J connectivity index is 2.41. The van der Waals surface area contributed by atoms with Crippen LogP contribution in [0.1, 0.15) is 39.2 Å². The Hall–Kier alpha value is -0.740. The first-order chi connectivity index (χ1) is 8.96. The maximum absolute atomic E-state index is 5.79. The molecule has 0 saturated carbocycles. The number of hydrogen-bond acceptors (Lipinski definition) is 3. The molecule has 0 aromatic heterocycles. The van der Waals surface area contributed by atoms with Crippen molar-refractivity contribution in [1.29, 1.82) is 0 Å². The average molecular weight is 328 g/mol. The first-order valence-electron chi connectivity index (χ1n) is 6.76. The van der Waals surface area contributed by atoms with Crippen LogP contribution in [0, 0.1) is 0 Å². The monoisotopic (exact) mass is 327 g/mol. The van der Waals surface area contributed by atoms with Gasteiger partial charge in [-0.3, -0.25) is 0 Å². The molecule has 4 heteroatoms. The molecule has 0 aliphatic carbocycles. The van der Waals surface area contributed by atoms with E-state index >= 15 is 0 Å². The van der Waals surface area contributed by atoms with Gasteiger partial charge < -0.3 is 14.8 Å². The standard InChI is InChI=1S/C15H22BrNO2/c1-10(2)19-14-9-12(16)11(8-13(14)18-4)15(3)6-5-7-17-15/h8-10,17H,5-7H2,1-4H3. The lowest BCUT2D eigenvalue weighted by atomic mass is 9.90. The van der Waals surface area contributed by atoms with E-state index < -0.39 is 0 Å². The van der Waals surface area contributed by atoms with E-state index in [1.54, 1.807) is 7.11 Å². The number of rotatable bonds is 4. The Morgan fingerprint density at radius 2 is 2.05 bits per heavy atom. The van der Waals surface area contributed by atoms with Gasteiger partial charge in [-0.05, 0) is 57.9 Å². The number of benzene rings is 1. The molecule has 1 fully saturated rings. The highest BCUT2D eigenvalue weighted by Crippen LogP contribution is 2.41. The molecule has 0 amide bonds. The third-order valence-corrected chi connectivity index (χ3v) is 4.24. The average Bonchev–Trinajstić information content (AvgIpc) is 2.76. The molecular formula is C15H22BrNO2. The molecule has 1 saturated heterocycles. The van der Waals surface area contributed by atoms with Gasteiger partial charge in [0.05, 0.1) is 13.2 Å². The third kappa shape index (κ3) is 3.06. The minimum Gasteiger partial charge on any atom is -0.493 e. The molecule has 1 aromatic carbocycles. The summed E-state index contributed by atoms with van der Waals surface area (Å²) in [6.45, 7) is 7.33. The van der Waals surface area contributed by atoms with Gasteiger partial charge in [0.1, 0.15) is 0 Å². The predicted octanol–water partition coefficient (Wildman–Crippen LogP) is 3.84. The molecule has 0 bridgehead atoms. The van der Waals surface area contributed by atoms with E-state index in [-0.39, 0.29) is 11.6 Å². The zero-order valence-electron chi connectivity index (χ0n) is 12.0. The van der Waals surface area contributed by atoms with Gasteiger partial charge in [-0.15, -0.1) is 0 Å². The molecule has 2 rings (SSSR count). The Labute approximate surface area is 123 Å².